The summed E-state index contributed by atoms with van der Waals surface area (Å²) in [5.41, 5.74) is 5.33. The Kier molecular flexibility index (Phi) is 9.71. The fraction of sp³-hybridized carbons (Fsp3) is 0.417. The Bertz CT molecular complexity index is 849. The van der Waals surface area contributed by atoms with Crippen molar-refractivity contribution in [3.8, 4) is 17.2 Å². The van der Waals surface area contributed by atoms with E-state index in [1.807, 2.05) is 50.2 Å². The van der Waals surface area contributed by atoms with Crippen LogP contribution in [0.25, 0.3) is 0 Å². The first-order valence-corrected chi connectivity index (χ1v) is 10.4. The number of ether oxygens (including phenoxy) is 3. The summed E-state index contributed by atoms with van der Waals surface area (Å²) in [4.78, 5) is 12.0. The van der Waals surface area contributed by atoms with Gasteiger partial charge in [0.05, 0.1) is 19.9 Å². The van der Waals surface area contributed by atoms with Crippen LogP contribution in [0.15, 0.2) is 41.5 Å². The smallest absolute Gasteiger partial charge is 0.277 e. The molecule has 0 saturated heterocycles. The second kappa shape index (κ2) is 12.5. The van der Waals surface area contributed by atoms with Crippen molar-refractivity contribution in [1.82, 2.24) is 5.43 Å². The van der Waals surface area contributed by atoms with Gasteiger partial charge in [0.1, 0.15) is 5.75 Å². The SMILES string of the molecule is CCCCCCOc1ccc(/C=N/NC(=O)COc2cc(C)ccc2C)cc1OC. The molecule has 0 aliphatic heterocycles. The summed E-state index contributed by atoms with van der Waals surface area (Å²) < 4.78 is 16.8. The summed E-state index contributed by atoms with van der Waals surface area (Å²) in [6, 6.07) is 11.4. The van der Waals surface area contributed by atoms with E-state index in [0.717, 1.165) is 29.5 Å². The molecule has 0 heterocycles. The Labute approximate surface area is 179 Å². The number of hydrazone groups is 1. The number of aryl methyl sites for hydroxylation is 2. The highest BCUT2D eigenvalue weighted by Gasteiger charge is 2.06. The van der Waals surface area contributed by atoms with Crippen molar-refractivity contribution in [3.05, 3.63) is 53.1 Å². The number of nitrogens with one attached hydrogen (secondary N) is 1. The Morgan fingerprint density at radius 2 is 1.83 bits per heavy atom. The summed E-state index contributed by atoms with van der Waals surface area (Å²) in [7, 11) is 1.60. The number of amides is 1. The van der Waals surface area contributed by atoms with E-state index in [9.17, 15) is 4.79 Å². The van der Waals surface area contributed by atoms with E-state index in [4.69, 9.17) is 14.2 Å². The topological polar surface area (TPSA) is 69.2 Å². The lowest BCUT2D eigenvalue weighted by Gasteiger charge is -2.11. The zero-order valence-corrected chi connectivity index (χ0v) is 18.4. The molecular weight excluding hydrogens is 380 g/mol. The predicted molar refractivity (Wildman–Crippen MR) is 120 cm³/mol. The largest absolute Gasteiger partial charge is 0.493 e. The molecule has 0 unspecified atom stereocenters. The van der Waals surface area contributed by atoms with E-state index in [1.165, 1.54) is 12.8 Å². The minimum atomic E-state index is -0.328. The number of benzene rings is 2. The van der Waals surface area contributed by atoms with Crippen LogP contribution in [-0.4, -0.2) is 32.4 Å². The molecule has 0 spiro atoms. The first kappa shape index (κ1) is 23.3. The van der Waals surface area contributed by atoms with Gasteiger partial charge < -0.3 is 14.2 Å². The van der Waals surface area contributed by atoms with Gasteiger partial charge in [0.2, 0.25) is 0 Å². The molecule has 0 fully saturated rings. The van der Waals surface area contributed by atoms with Crippen molar-refractivity contribution >= 4 is 12.1 Å². The van der Waals surface area contributed by atoms with Gasteiger partial charge in [0.15, 0.2) is 18.1 Å². The number of hydrogen-bond acceptors (Lipinski definition) is 5. The number of hydrogen-bond donors (Lipinski definition) is 1. The lowest BCUT2D eigenvalue weighted by atomic mass is 10.1. The zero-order chi connectivity index (χ0) is 21.8. The number of rotatable bonds is 12. The number of carbonyl (C=O) groups excluding carboxylic acids is 1. The first-order chi connectivity index (χ1) is 14.5. The summed E-state index contributed by atoms with van der Waals surface area (Å²) in [6.45, 7) is 6.67. The maximum absolute atomic E-state index is 12.0. The average Bonchev–Trinajstić information content (AvgIpc) is 2.74. The summed E-state index contributed by atoms with van der Waals surface area (Å²) in [6.07, 6.45) is 6.17. The average molecular weight is 413 g/mol. The van der Waals surface area contributed by atoms with Crippen LogP contribution < -0.4 is 19.6 Å². The molecule has 2 aromatic carbocycles. The van der Waals surface area contributed by atoms with E-state index in [-0.39, 0.29) is 12.5 Å². The Balaban J connectivity index is 1.83. The van der Waals surface area contributed by atoms with Crippen molar-refractivity contribution in [2.24, 2.45) is 5.10 Å². The number of unbranched alkanes of at least 4 members (excludes halogenated alkanes) is 3. The van der Waals surface area contributed by atoms with Gasteiger partial charge in [0.25, 0.3) is 5.91 Å². The van der Waals surface area contributed by atoms with Crippen molar-refractivity contribution in [2.75, 3.05) is 20.3 Å². The molecule has 2 rings (SSSR count). The Morgan fingerprint density at radius 3 is 2.60 bits per heavy atom. The van der Waals surface area contributed by atoms with Crippen molar-refractivity contribution < 1.29 is 19.0 Å². The number of methoxy groups -OCH3 is 1. The van der Waals surface area contributed by atoms with E-state index in [2.05, 4.69) is 17.5 Å². The monoisotopic (exact) mass is 412 g/mol. The molecule has 0 radical (unpaired) electrons. The molecule has 0 bridgehead atoms. The molecule has 0 atom stereocenters. The van der Waals surface area contributed by atoms with Gasteiger partial charge in [-0.1, -0.05) is 38.3 Å². The van der Waals surface area contributed by atoms with Gasteiger partial charge >= 0.3 is 0 Å². The molecule has 0 aliphatic rings. The minimum absolute atomic E-state index is 0.101. The maximum atomic E-state index is 12.0. The van der Waals surface area contributed by atoms with E-state index in [0.29, 0.717) is 23.9 Å². The van der Waals surface area contributed by atoms with Crippen LogP contribution in [0, 0.1) is 13.8 Å². The van der Waals surface area contributed by atoms with E-state index in [1.54, 1.807) is 13.3 Å². The lowest BCUT2D eigenvalue weighted by Crippen LogP contribution is -2.24. The van der Waals surface area contributed by atoms with Gasteiger partial charge in [-0.25, -0.2) is 5.43 Å². The van der Waals surface area contributed by atoms with Crippen LogP contribution >= 0.6 is 0 Å². The maximum Gasteiger partial charge on any atom is 0.277 e. The van der Waals surface area contributed by atoms with Gasteiger partial charge in [-0.05, 0) is 61.2 Å². The van der Waals surface area contributed by atoms with Crippen molar-refractivity contribution in [2.45, 2.75) is 46.5 Å². The van der Waals surface area contributed by atoms with Crippen molar-refractivity contribution in [1.29, 1.82) is 0 Å². The molecule has 1 amide bonds. The first-order valence-electron chi connectivity index (χ1n) is 10.4. The molecule has 0 saturated carbocycles. The quantitative estimate of drug-likeness (QED) is 0.309. The van der Waals surface area contributed by atoms with Crippen LogP contribution in [-0.2, 0) is 4.79 Å². The van der Waals surface area contributed by atoms with Crippen LogP contribution in [0.3, 0.4) is 0 Å². The van der Waals surface area contributed by atoms with Gasteiger partial charge in [0, 0.05) is 0 Å². The molecule has 0 aromatic heterocycles. The molecular formula is C24H32N2O4. The van der Waals surface area contributed by atoms with Crippen LogP contribution in [0.5, 0.6) is 17.2 Å². The van der Waals surface area contributed by atoms with E-state index < -0.39 is 0 Å². The molecule has 2 aromatic rings. The fourth-order valence-electron chi connectivity index (χ4n) is 2.81. The summed E-state index contributed by atoms with van der Waals surface area (Å²) in [5, 5.41) is 3.99. The summed E-state index contributed by atoms with van der Waals surface area (Å²) in [5.74, 6) is 1.71. The molecule has 6 nitrogen and oxygen atoms in total. The van der Waals surface area contributed by atoms with Gasteiger partial charge in [-0.3, -0.25) is 4.79 Å². The van der Waals surface area contributed by atoms with Crippen LogP contribution in [0.1, 0.15) is 49.3 Å². The minimum Gasteiger partial charge on any atom is -0.493 e. The van der Waals surface area contributed by atoms with Crippen LogP contribution in [0.4, 0.5) is 0 Å². The third kappa shape index (κ3) is 7.78. The highest BCUT2D eigenvalue weighted by atomic mass is 16.5. The second-order valence-corrected chi connectivity index (χ2v) is 7.17. The van der Waals surface area contributed by atoms with Gasteiger partial charge in [-0.2, -0.15) is 5.10 Å². The van der Waals surface area contributed by atoms with Crippen LogP contribution in [0.2, 0.25) is 0 Å². The second-order valence-electron chi connectivity index (χ2n) is 7.17. The van der Waals surface area contributed by atoms with E-state index >= 15 is 0 Å². The third-order valence-corrected chi connectivity index (χ3v) is 4.55. The number of carbonyl (C=O) groups is 1. The standard InChI is InChI=1S/C24H32N2O4/c1-5-6-7-8-13-29-21-12-11-20(15-23(21)28-4)16-25-26-24(27)17-30-22-14-18(2)9-10-19(22)3/h9-12,14-16H,5-8,13,17H2,1-4H3,(H,26,27)/b25-16+. The van der Waals surface area contributed by atoms with Crippen molar-refractivity contribution in [3.63, 3.8) is 0 Å². The zero-order valence-electron chi connectivity index (χ0n) is 18.4. The number of nitrogens with zero attached hydrogens (tertiary/aromatic N) is 1. The summed E-state index contributed by atoms with van der Waals surface area (Å²) >= 11 is 0. The Morgan fingerprint density at radius 1 is 1.00 bits per heavy atom. The van der Waals surface area contributed by atoms with Gasteiger partial charge in [-0.15, -0.1) is 0 Å². The Hall–Kier alpha value is -3.02. The molecule has 0 aliphatic carbocycles. The lowest BCUT2D eigenvalue weighted by molar-refractivity contribution is -0.123. The highest BCUT2D eigenvalue weighted by Crippen LogP contribution is 2.27. The third-order valence-electron chi connectivity index (χ3n) is 4.55. The molecule has 162 valence electrons. The highest BCUT2D eigenvalue weighted by molar-refractivity contribution is 5.83. The normalized spacial score (nSPS) is 10.8. The molecule has 1 N–H and O–H groups in total. The molecule has 30 heavy (non-hydrogen) atoms. The molecule has 6 heteroatoms. The predicted octanol–water partition coefficient (Wildman–Crippen LogP) is 4.80. The fourth-order valence-corrected chi connectivity index (χ4v) is 2.81.